The van der Waals surface area contributed by atoms with Crippen molar-refractivity contribution in [2.75, 3.05) is 22.3 Å². The third kappa shape index (κ3) is 2.30. The second-order valence-electron chi connectivity index (χ2n) is 6.38. The Bertz CT molecular complexity index is 903. The van der Waals surface area contributed by atoms with Crippen LogP contribution in [0.25, 0.3) is 0 Å². The van der Waals surface area contributed by atoms with Crippen molar-refractivity contribution in [1.29, 1.82) is 0 Å². The van der Waals surface area contributed by atoms with Gasteiger partial charge >= 0.3 is 155 Å². The van der Waals surface area contributed by atoms with Gasteiger partial charge in [0.2, 0.25) is 0 Å². The van der Waals surface area contributed by atoms with Gasteiger partial charge in [-0.2, -0.15) is 0 Å². The Labute approximate surface area is 154 Å². The van der Waals surface area contributed by atoms with E-state index in [0.29, 0.717) is 6.04 Å². The molecule has 1 aliphatic carbocycles. The van der Waals surface area contributed by atoms with Crippen molar-refractivity contribution in [2.24, 2.45) is 0 Å². The number of methoxy groups -OCH3 is 2. The number of hydrogen-bond acceptors (Lipinski definition) is 4. The Balaban J connectivity index is 1.69. The summed E-state index contributed by atoms with van der Waals surface area (Å²) in [6.45, 7) is 0. The number of para-hydroxylation sites is 1. The van der Waals surface area contributed by atoms with Gasteiger partial charge in [0.05, 0.1) is 0 Å². The van der Waals surface area contributed by atoms with Crippen LogP contribution in [-0.4, -0.2) is 43.3 Å². The van der Waals surface area contributed by atoms with Crippen LogP contribution in [0.3, 0.4) is 0 Å². The van der Waals surface area contributed by atoms with Crippen molar-refractivity contribution in [1.82, 2.24) is 0 Å². The molecule has 3 aliphatic rings. The van der Waals surface area contributed by atoms with Gasteiger partial charge < -0.3 is 0 Å². The number of rotatable bonds is 4. The summed E-state index contributed by atoms with van der Waals surface area (Å²) in [4.78, 5) is 2.58. The van der Waals surface area contributed by atoms with Crippen LogP contribution in [-0.2, 0) is 0 Å². The molecule has 1 fully saturated rings. The first-order valence-corrected chi connectivity index (χ1v) is 11.9. The summed E-state index contributed by atoms with van der Waals surface area (Å²) in [7, 11) is 3.43. The second kappa shape index (κ2) is 5.79. The maximum absolute atomic E-state index is 5.60. The summed E-state index contributed by atoms with van der Waals surface area (Å²) >= 11 is -1.88. The SMILES string of the molecule is COc1cc2c(cc1OC)[Te]1=C(C=CN1c1ccccc1)N2C1CC1. The molecule has 2 heterocycles. The molecule has 0 radical (unpaired) electrons. The first kappa shape index (κ1) is 15.3. The molecule has 0 unspecified atom stereocenters. The summed E-state index contributed by atoms with van der Waals surface area (Å²) in [5, 5.41) is 0. The van der Waals surface area contributed by atoms with Crippen molar-refractivity contribution in [3.8, 4) is 11.5 Å². The van der Waals surface area contributed by atoms with E-state index in [9.17, 15) is 0 Å². The molecule has 25 heavy (non-hydrogen) atoms. The first-order chi connectivity index (χ1) is 12.3. The van der Waals surface area contributed by atoms with Crippen LogP contribution in [0.2, 0.25) is 0 Å². The van der Waals surface area contributed by atoms with Crippen LogP contribution in [0, 0.1) is 0 Å². The molecule has 2 aromatic rings. The molecule has 0 amide bonds. The Morgan fingerprint density at radius 2 is 1.72 bits per heavy atom. The van der Waals surface area contributed by atoms with Crippen LogP contribution in [0.1, 0.15) is 12.8 Å². The Kier molecular flexibility index (Phi) is 3.55. The van der Waals surface area contributed by atoms with E-state index in [4.69, 9.17) is 9.47 Å². The van der Waals surface area contributed by atoms with Gasteiger partial charge in [0.1, 0.15) is 0 Å². The fraction of sp³-hybridized carbons (Fsp3) is 0.250. The van der Waals surface area contributed by atoms with E-state index in [1.807, 2.05) is 0 Å². The van der Waals surface area contributed by atoms with Crippen LogP contribution in [0.15, 0.2) is 54.7 Å². The topological polar surface area (TPSA) is 24.9 Å². The Morgan fingerprint density at radius 3 is 2.40 bits per heavy atom. The molecule has 5 heteroatoms. The molecule has 0 N–H and O–H groups in total. The molecule has 2 aromatic carbocycles. The van der Waals surface area contributed by atoms with Gasteiger partial charge in [-0.1, -0.05) is 0 Å². The van der Waals surface area contributed by atoms with Crippen LogP contribution in [0.4, 0.5) is 11.4 Å². The van der Waals surface area contributed by atoms with Crippen molar-refractivity contribution in [2.45, 2.75) is 18.9 Å². The number of benzene rings is 2. The minimum atomic E-state index is -1.88. The molecule has 2 aliphatic heterocycles. The van der Waals surface area contributed by atoms with Gasteiger partial charge in [-0.05, 0) is 0 Å². The quantitative estimate of drug-likeness (QED) is 0.673. The molecule has 0 spiro atoms. The van der Waals surface area contributed by atoms with Crippen molar-refractivity contribution < 1.29 is 9.47 Å². The molecule has 0 aromatic heterocycles. The molecule has 0 atom stereocenters. The zero-order valence-corrected chi connectivity index (χ0v) is 16.6. The number of nitrogens with zero attached hydrogens (tertiary/aromatic N) is 2. The van der Waals surface area contributed by atoms with E-state index < -0.39 is 19.3 Å². The number of fused-ring (bicyclic) bond motifs is 2. The average Bonchev–Trinajstić information content (AvgIpc) is 3.32. The first-order valence-electron chi connectivity index (χ1n) is 8.51. The Hall–Kier alpha value is -1.96. The maximum atomic E-state index is 5.60. The van der Waals surface area contributed by atoms with E-state index >= 15 is 0 Å². The predicted octanol–water partition coefficient (Wildman–Crippen LogP) is 2.63. The molecule has 0 saturated heterocycles. The zero-order chi connectivity index (χ0) is 17.0. The molecule has 4 nitrogen and oxygen atoms in total. The number of anilines is 2. The third-order valence-electron chi connectivity index (χ3n) is 4.84. The zero-order valence-electron chi connectivity index (χ0n) is 14.3. The number of ether oxygens (including phenoxy) is 2. The van der Waals surface area contributed by atoms with Crippen LogP contribution < -0.4 is 21.1 Å². The van der Waals surface area contributed by atoms with E-state index in [0.717, 1.165) is 11.5 Å². The van der Waals surface area contributed by atoms with E-state index in [2.05, 4.69) is 62.8 Å². The van der Waals surface area contributed by atoms with Gasteiger partial charge in [0.25, 0.3) is 0 Å². The van der Waals surface area contributed by atoms with E-state index in [-0.39, 0.29) is 0 Å². The predicted molar refractivity (Wildman–Crippen MR) is 104 cm³/mol. The standard InChI is InChI=1S/C20H20N2O2Te/c1-23-17-12-16-19(13-18(17)24-2)25-20(22(16)15-8-9-15)10-11-21(25)14-6-4-3-5-7-14/h3-7,10-13,15H,8-9H2,1-2H3. The summed E-state index contributed by atoms with van der Waals surface area (Å²) < 4.78 is 16.7. The summed E-state index contributed by atoms with van der Waals surface area (Å²) in [5.74, 6) is 1.65. The average molecular weight is 448 g/mol. The van der Waals surface area contributed by atoms with E-state index in [1.54, 1.807) is 14.2 Å². The van der Waals surface area contributed by atoms with Gasteiger partial charge in [-0.3, -0.25) is 0 Å². The molecular formula is C20H20N2O2Te. The molecular weight excluding hydrogens is 428 g/mol. The fourth-order valence-corrected chi connectivity index (χ4v) is 10.2. The van der Waals surface area contributed by atoms with Gasteiger partial charge in [0.15, 0.2) is 0 Å². The number of hydrogen-bond donors (Lipinski definition) is 0. The second-order valence-corrected chi connectivity index (χ2v) is 11.6. The van der Waals surface area contributed by atoms with Crippen LogP contribution >= 0.6 is 0 Å². The molecule has 5 rings (SSSR count). The summed E-state index contributed by atoms with van der Waals surface area (Å²) in [5.41, 5.74) is 2.61. The Morgan fingerprint density at radius 1 is 1.00 bits per heavy atom. The van der Waals surface area contributed by atoms with Crippen molar-refractivity contribution in [3.05, 3.63) is 54.7 Å². The van der Waals surface area contributed by atoms with E-state index in [1.165, 1.54) is 31.5 Å². The van der Waals surface area contributed by atoms with Gasteiger partial charge in [-0.15, -0.1) is 0 Å². The minimum absolute atomic E-state index is 0.651. The summed E-state index contributed by atoms with van der Waals surface area (Å²) in [6.07, 6.45) is 7.17. The molecule has 0 bridgehead atoms. The fourth-order valence-electron chi connectivity index (χ4n) is 3.54. The van der Waals surface area contributed by atoms with Gasteiger partial charge in [0, 0.05) is 0 Å². The van der Waals surface area contributed by atoms with Gasteiger partial charge in [-0.25, -0.2) is 0 Å². The van der Waals surface area contributed by atoms with Crippen molar-refractivity contribution >= 4 is 38.0 Å². The van der Waals surface area contributed by atoms with Crippen molar-refractivity contribution in [3.63, 3.8) is 0 Å². The normalized spacial score (nSPS) is 18.6. The molecule has 128 valence electrons. The van der Waals surface area contributed by atoms with Crippen LogP contribution in [0.5, 0.6) is 11.5 Å². The molecule has 1 saturated carbocycles. The third-order valence-corrected chi connectivity index (χ3v) is 11.1. The monoisotopic (exact) mass is 450 g/mol. The summed E-state index contributed by atoms with van der Waals surface area (Å²) in [6, 6.07) is 15.8.